The van der Waals surface area contributed by atoms with Crippen molar-refractivity contribution in [3.8, 4) is 11.5 Å². The second-order valence-corrected chi connectivity index (χ2v) is 9.32. The van der Waals surface area contributed by atoms with Gasteiger partial charge >= 0.3 is 0 Å². The summed E-state index contributed by atoms with van der Waals surface area (Å²) >= 11 is 10.6. The fourth-order valence-corrected chi connectivity index (χ4v) is 5.74. The number of ether oxygens (including phenoxy) is 3. The molecule has 0 radical (unpaired) electrons. The molecule has 0 aromatic heterocycles. The molecule has 3 rings (SSSR count). The van der Waals surface area contributed by atoms with Crippen LogP contribution in [0.5, 0.6) is 11.5 Å². The van der Waals surface area contributed by atoms with Gasteiger partial charge in [-0.1, -0.05) is 22.0 Å². The largest absolute Gasteiger partial charge is 0.496 e. The molecule has 29 heavy (non-hydrogen) atoms. The van der Waals surface area contributed by atoms with Gasteiger partial charge in [-0.05, 0) is 81.1 Å². The van der Waals surface area contributed by atoms with Gasteiger partial charge in [0.1, 0.15) is 18.1 Å². The number of methoxy groups -OCH3 is 1. The zero-order valence-electron chi connectivity index (χ0n) is 16.3. The lowest BCUT2D eigenvalue weighted by Gasteiger charge is -2.26. The number of rotatable bonds is 8. The minimum atomic E-state index is 0. The molecule has 1 heterocycles. The SMILES string of the molecule is COc1ccc(CCCN2CCOCC2)cc1COc1c(Br)cc(Br)cc1Br.O. The summed E-state index contributed by atoms with van der Waals surface area (Å²) < 4.78 is 19.8. The summed E-state index contributed by atoms with van der Waals surface area (Å²) in [7, 11) is 1.70. The van der Waals surface area contributed by atoms with E-state index in [2.05, 4.69) is 64.8 Å². The van der Waals surface area contributed by atoms with Crippen molar-refractivity contribution in [3.05, 3.63) is 54.9 Å². The Morgan fingerprint density at radius 1 is 1.03 bits per heavy atom. The van der Waals surface area contributed by atoms with E-state index in [-0.39, 0.29) is 5.48 Å². The summed E-state index contributed by atoms with van der Waals surface area (Å²) in [5, 5.41) is 0. The highest BCUT2D eigenvalue weighted by Gasteiger charge is 2.12. The molecule has 160 valence electrons. The second-order valence-electron chi connectivity index (χ2n) is 6.69. The average Bonchev–Trinajstić information content (AvgIpc) is 2.68. The quantitative estimate of drug-likeness (QED) is 0.431. The Bertz CT molecular complexity index is 774. The van der Waals surface area contributed by atoms with Gasteiger partial charge in [0, 0.05) is 23.1 Å². The van der Waals surface area contributed by atoms with Gasteiger partial charge in [0.05, 0.1) is 29.3 Å². The molecule has 0 spiro atoms. The standard InChI is InChI=1S/C21H24Br3NO3.H2O/c1-26-20-5-4-15(3-2-6-25-7-9-27-10-8-25)11-16(20)14-28-21-18(23)12-17(22)13-19(21)24;/h4-5,11-13H,2-3,6-10,14H2,1H3;1H2. The van der Waals surface area contributed by atoms with Crippen molar-refractivity contribution >= 4 is 47.8 Å². The lowest BCUT2D eigenvalue weighted by molar-refractivity contribution is 0.0374. The molecule has 2 aromatic carbocycles. The first-order valence-electron chi connectivity index (χ1n) is 9.30. The highest BCUT2D eigenvalue weighted by molar-refractivity contribution is 9.11. The van der Waals surface area contributed by atoms with Crippen molar-refractivity contribution in [1.29, 1.82) is 0 Å². The zero-order chi connectivity index (χ0) is 19.9. The van der Waals surface area contributed by atoms with Crippen molar-refractivity contribution in [2.45, 2.75) is 19.4 Å². The Labute approximate surface area is 197 Å². The van der Waals surface area contributed by atoms with Crippen LogP contribution < -0.4 is 9.47 Å². The number of benzene rings is 2. The third kappa shape index (κ3) is 7.22. The van der Waals surface area contributed by atoms with Crippen molar-refractivity contribution in [3.63, 3.8) is 0 Å². The normalized spacial score (nSPS) is 14.3. The Balaban J connectivity index is 0.00000300. The van der Waals surface area contributed by atoms with E-state index in [1.807, 2.05) is 18.2 Å². The number of aryl methyl sites for hydroxylation is 1. The summed E-state index contributed by atoms with van der Waals surface area (Å²) in [4.78, 5) is 2.47. The lowest BCUT2D eigenvalue weighted by Crippen LogP contribution is -2.36. The Morgan fingerprint density at radius 3 is 2.38 bits per heavy atom. The van der Waals surface area contributed by atoms with E-state index in [9.17, 15) is 0 Å². The monoisotopic (exact) mass is 593 g/mol. The average molecular weight is 596 g/mol. The van der Waals surface area contributed by atoms with Crippen molar-refractivity contribution in [2.75, 3.05) is 40.0 Å². The second kappa shape index (κ2) is 12.3. The number of morpholine rings is 1. The fraction of sp³-hybridized carbons (Fsp3) is 0.429. The van der Waals surface area contributed by atoms with Crippen LogP contribution in [0.2, 0.25) is 0 Å². The van der Waals surface area contributed by atoms with Crippen LogP contribution in [-0.4, -0.2) is 50.3 Å². The summed E-state index contributed by atoms with van der Waals surface area (Å²) in [6.45, 7) is 5.34. The van der Waals surface area contributed by atoms with Gasteiger partial charge in [0.25, 0.3) is 0 Å². The first kappa shape index (κ1) is 24.6. The maximum Gasteiger partial charge on any atom is 0.148 e. The van der Waals surface area contributed by atoms with Crippen molar-refractivity contribution in [1.82, 2.24) is 4.90 Å². The van der Waals surface area contributed by atoms with Crippen LogP contribution >= 0.6 is 47.8 Å². The Morgan fingerprint density at radius 2 is 1.72 bits per heavy atom. The molecular weight excluding hydrogens is 570 g/mol. The molecule has 1 saturated heterocycles. The van der Waals surface area contributed by atoms with Crippen LogP contribution in [0.25, 0.3) is 0 Å². The number of halogens is 3. The molecule has 2 aromatic rings. The minimum Gasteiger partial charge on any atom is -0.496 e. The topological polar surface area (TPSA) is 62.4 Å². The van der Waals surface area contributed by atoms with E-state index in [0.717, 1.165) is 76.2 Å². The molecular formula is C21H26Br3NO4. The predicted octanol–water partition coefficient (Wildman–Crippen LogP) is 5.00. The van der Waals surface area contributed by atoms with Gasteiger partial charge in [-0.25, -0.2) is 0 Å². The molecule has 1 aliphatic heterocycles. The highest BCUT2D eigenvalue weighted by Crippen LogP contribution is 2.37. The van der Waals surface area contributed by atoms with Crippen molar-refractivity contribution in [2.24, 2.45) is 0 Å². The molecule has 0 atom stereocenters. The van der Waals surface area contributed by atoms with E-state index >= 15 is 0 Å². The predicted molar refractivity (Wildman–Crippen MR) is 126 cm³/mol. The fourth-order valence-electron chi connectivity index (χ4n) is 3.25. The van der Waals surface area contributed by atoms with Gasteiger partial charge in [0.2, 0.25) is 0 Å². The molecule has 1 fully saturated rings. The smallest absolute Gasteiger partial charge is 0.148 e. The van der Waals surface area contributed by atoms with E-state index < -0.39 is 0 Å². The lowest BCUT2D eigenvalue weighted by atomic mass is 10.1. The molecule has 8 heteroatoms. The van der Waals surface area contributed by atoms with E-state index in [0.29, 0.717) is 6.61 Å². The summed E-state index contributed by atoms with van der Waals surface area (Å²) in [5.74, 6) is 1.63. The molecule has 5 nitrogen and oxygen atoms in total. The maximum absolute atomic E-state index is 6.09. The van der Waals surface area contributed by atoms with Crippen LogP contribution in [0, 0.1) is 0 Å². The van der Waals surface area contributed by atoms with E-state index in [4.69, 9.17) is 14.2 Å². The van der Waals surface area contributed by atoms with Gasteiger partial charge in [-0.15, -0.1) is 0 Å². The number of hydrogen-bond acceptors (Lipinski definition) is 4. The minimum absolute atomic E-state index is 0. The molecule has 0 aliphatic carbocycles. The maximum atomic E-state index is 6.09. The van der Waals surface area contributed by atoms with Gasteiger partial charge in [-0.2, -0.15) is 0 Å². The third-order valence-electron chi connectivity index (χ3n) is 4.72. The van der Waals surface area contributed by atoms with Crippen LogP contribution in [0.4, 0.5) is 0 Å². The molecule has 2 N–H and O–H groups in total. The molecule has 0 unspecified atom stereocenters. The van der Waals surface area contributed by atoms with Crippen LogP contribution in [0.15, 0.2) is 43.7 Å². The first-order chi connectivity index (χ1) is 13.6. The summed E-state index contributed by atoms with van der Waals surface area (Å²) in [5.41, 5.74) is 2.36. The third-order valence-corrected chi connectivity index (χ3v) is 6.36. The van der Waals surface area contributed by atoms with Gasteiger partial charge in [-0.3, -0.25) is 4.90 Å². The Kier molecular flexibility index (Phi) is 10.4. The summed E-state index contributed by atoms with van der Waals surface area (Å²) in [6.07, 6.45) is 2.18. The van der Waals surface area contributed by atoms with E-state index in [1.54, 1.807) is 7.11 Å². The number of nitrogens with zero attached hydrogens (tertiary/aromatic N) is 1. The molecule has 0 saturated carbocycles. The molecule has 1 aliphatic rings. The highest BCUT2D eigenvalue weighted by atomic mass is 79.9. The Hall–Kier alpha value is -0.640. The van der Waals surface area contributed by atoms with Crippen LogP contribution in [0.1, 0.15) is 17.5 Å². The van der Waals surface area contributed by atoms with Crippen LogP contribution in [-0.2, 0) is 17.8 Å². The van der Waals surface area contributed by atoms with Crippen molar-refractivity contribution < 1.29 is 19.7 Å². The zero-order valence-corrected chi connectivity index (χ0v) is 21.1. The van der Waals surface area contributed by atoms with Gasteiger partial charge < -0.3 is 19.7 Å². The molecule has 0 bridgehead atoms. The van der Waals surface area contributed by atoms with E-state index in [1.165, 1.54) is 5.56 Å². The van der Waals surface area contributed by atoms with Crippen LogP contribution in [0.3, 0.4) is 0 Å². The molecule has 0 amide bonds. The first-order valence-corrected chi connectivity index (χ1v) is 11.7. The number of hydrogen-bond donors (Lipinski definition) is 0. The van der Waals surface area contributed by atoms with Gasteiger partial charge in [0.15, 0.2) is 0 Å². The summed E-state index contributed by atoms with van der Waals surface area (Å²) in [6, 6.07) is 10.3.